The van der Waals surface area contributed by atoms with Gasteiger partial charge in [-0.2, -0.15) is 5.26 Å². The molecule has 1 saturated heterocycles. The van der Waals surface area contributed by atoms with E-state index in [1.807, 2.05) is 18.2 Å². The first kappa shape index (κ1) is 13.6. The number of aromatic nitrogens is 1. The van der Waals surface area contributed by atoms with E-state index in [1.54, 1.807) is 6.20 Å². The molecule has 0 bridgehead atoms. The first-order valence-corrected chi connectivity index (χ1v) is 7.21. The SMILES string of the molecule is Cc1ccccc1-c1cc(N2CCNCC2)ncc1C#N. The molecule has 21 heavy (non-hydrogen) atoms. The highest BCUT2D eigenvalue weighted by atomic mass is 15.2. The van der Waals surface area contributed by atoms with Crippen LogP contribution in [0, 0.1) is 18.3 Å². The predicted molar refractivity (Wildman–Crippen MR) is 84.2 cm³/mol. The van der Waals surface area contributed by atoms with E-state index in [9.17, 15) is 5.26 Å². The zero-order valence-electron chi connectivity index (χ0n) is 12.1. The van der Waals surface area contributed by atoms with E-state index >= 15 is 0 Å². The molecule has 2 heterocycles. The predicted octanol–water partition coefficient (Wildman–Crippen LogP) is 2.34. The summed E-state index contributed by atoms with van der Waals surface area (Å²) in [6.45, 7) is 5.92. The molecule has 1 aromatic carbocycles. The van der Waals surface area contributed by atoms with E-state index in [4.69, 9.17) is 0 Å². The van der Waals surface area contributed by atoms with Gasteiger partial charge in [-0.25, -0.2) is 4.98 Å². The highest BCUT2D eigenvalue weighted by molar-refractivity contribution is 5.75. The second-order valence-corrected chi connectivity index (χ2v) is 5.25. The summed E-state index contributed by atoms with van der Waals surface area (Å²) in [7, 11) is 0. The fourth-order valence-electron chi connectivity index (χ4n) is 2.70. The average molecular weight is 278 g/mol. The molecule has 106 valence electrons. The third-order valence-electron chi connectivity index (χ3n) is 3.89. The molecule has 1 fully saturated rings. The van der Waals surface area contributed by atoms with Gasteiger partial charge in [0.1, 0.15) is 11.9 Å². The van der Waals surface area contributed by atoms with Crippen LogP contribution in [0.3, 0.4) is 0 Å². The second-order valence-electron chi connectivity index (χ2n) is 5.25. The number of nitriles is 1. The van der Waals surface area contributed by atoms with Crippen LogP contribution in [0.4, 0.5) is 5.82 Å². The Morgan fingerprint density at radius 1 is 1.19 bits per heavy atom. The number of hydrogen-bond donors (Lipinski definition) is 1. The van der Waals surface area contributed by atoms with E-state index in [2.05, 4.69) is 40.3 Å². The molecule has 4 nitrogen and oxygen atoms in total. The molecule has 0 amide bonds. The maximum atomic E-state index is 9.36. The van der Waals surface area contributed by atoms with Gasteiger partial charge in [0.15, 0.2) is 0 Å². The molecule has 0 radical (unpaired) electrons. The molecule has 1 aliphatic heterocycles. The molecule has 0 spiro atoms. The number of rotatable bonds is 2. The van der Waals surface area contributed by atoms with Crippen molar-refractivity contribution in [2.45, 2.75) is 6.92 Å². The van der Waals surface area contributed by atoms with Gasteiger partial charge in [0, 0.05) is 37.9 Å². The van der Waals surface area contributed by atoms with Crippen molar-refractivity contribution in [2.24, 2.45) is 0 Å². The van der Waals surface area contributed by atoms with Crippen LogP contribution in [0.2, 0.25) is 0 Å². The smallest absolute Gasteiger partial charge is 0.129 e. The number of anilines is 1. The molecule has 1 aromatic heterocycles. The average Bonchev–Trinajstić information content (AvgIpc) is 2.55. The van der Waals surface area contributed by atoms with Gasteiger partial charge in [0.2, 0.25) is 0 Å². The van der Waals surface area contributed by atoms with Crippen LogP contribution in [0.25, 0.3) is 11.1 Å². The minimum absolute atomic E-state index is 0.628. The summed E-state index contributed by atoms with van der Waals surface area (Å²) in [5.41, 5.74) is 3.88. The Morgan fingerprint density at radius 3 is 2.67 bits per heavy atom. The van der Waals surface area contributed by atoms with Crippen molar-refractivity contribution in [3.8, 4) is 17.2 Å². The van der Waals surface area contributed by atoms with Crippen LogP contribution >= 0.6 is 0 Å². The Kier molecular flexibility index (Phi) is 3.85. The van der Waals surface area contributed by atoms with Crippen molar-refractivity contribution in [1.29, 1.82) is 5.26 Å². The van der Waals surface area contributed by atoms with E-state index in [0.717, 1.165) is 43.1 Å². The summed E-state index contributed by atoms with van der Waals surface area (Å²) in [4.78, 5) is 6.73. The normalized spacial score (nSPS) is 14.8. The van der Waals surface area contributed by atoms with Gasteiger partial charge in [-0.1, -0.05) is 24.3 Å². The van der Waals surface area contributed by atoms with Crippen LogP contribution in [0.5, 0.6) is 0 Å². The topological polar surface area (TPSA) is 52.0 Å². The van der Waals surface area contributed by atoms with Crippen molar-refractivity contribution in [1.82, 2.24) is 10.3 Å². The lowest BCUT2D eigenvalue weighted by atomic mass is 9.98. The Hall–Kier alpha value is -2.38. The quantitative estimate of drug-likeness (QED) is 0.916. The third-order valence-corrected chi connectivity index (χ3v) is 3.89. The maximum absolute atomic E-state index is 9.36. The Morgan fingerprint density at radius 2 is 1.95 bits per heavy atom. The number of piperazine rings is 1. The van der Waals surface area contributed by atoms with Crippen LogP contribution in [-0.2, 0) is 0 Å². The number of aryl methyl sites for hydroxylation is 1. The first-order valence-electron chi connectivity index (χ1n) is 7.21. The zero-order chi connectivity index (χ0) is 14.7. The maximum Gasteiger partial charge on any atom is 0.129 e. The van der Waals surface area contributed by atoms with Crippen molar-refractivity contribution in [3.63, 3.8) is 0 Å². The summed E-state index contributed by atoms with van der Waals surface area (Å²) in [5, 5.41) is 12.7. The van der Waals surface area contributed by atoms with Crippen LogP contribution in [0.1, 0.15) is 11.1 Å². The molecule has 0 unspecified atom stereocenters. The van der Waals surface area contributed by atoms with Crippen LogP contribution in [-0.4, -0.2) is 31.2 Å². The third kappa shape index (κ3) is 2.74. The molecule has 0 aliphatic carbocycles. The number of hydrogen-bond acceptors (Lipinski definition) is 4. The van der Waals surface area contributed by atoms with E-state index in [0.29, 0.717) is 5.56 Å². The molecule has 3 rings (SSSR count). The van der Waals surface area contributed by atoms with Gasteiger partial charge in [-0.15, -0.1) is 0 Å². The lowest BCUT2D eigenvalue weighted by Gasteiger charge is -2.28. The lowest BCUT2D eigenvalue weighted by molar-refractivity contribution is 0.585. The lowest BCUT2D eigenvalue weighted by Crippen LogP contribution is -2.43. The number of benzene rings is 1. The summed E-state index contributed by atoms with van der Waals surface area (Å²) < 4.78 is 0. The molecule has 2 aromatic rings. The van der Waals surface area contributed by atoms with Gasteiger partial charge in [-0.05, 0) is 24.1 Å². The number of nitrogens with one attached hydrogen (secondary N) is 1. The molecule has 1 N–H and O–H groups in total. The van der Waals surface area contributed by atoms with Crippen LogP contribution in [0.15, 0.2) is 36.5 Å². The first-order chi connectivity index (χ1) is 10.3. The fraction of sp³-hybridized carbons (Fsp3) is 0.294. The minimum Gasteiger partial charge on any atom is -0.354 e. The van der Waals surface area contributed by atoms with Crippen LogP contribution < -0.4 is 10.2 Å². The van der Waals surface area contributed by atoms with E-state index < -0.39 is 0 Å². The Bertz CT molecular complexity index is 681. The van der Waals surface area contributed by atoms with Gasteiger partial charge in [0.05, 0.1) is 5.56 Å². The molecular formula is C17H18N4. The largest absolute Gasteiger partial charge is 0.354 e. The van der Waals surface area contributed by atoms with Gasteiger partial charge in [0.25, 0.3) is 0 Å². The van der Waals surface area contributed by atoms with E-state index in [1.165, 1.54) is 5.56 Å². The summed E-state index contributed by atoms with van der Waals surface area (Å²) in [6, 6.07) is 12.5. The molecule has 4 heteroatoms. The van der Waals surface area contributed by atoms with Gasteiger partial charge < -0.3 is 10.2 Å². The van der Waals surface area contributed by atoms with E-state index in [-0.39, 0.29) is 0 Å². The summed E-state index contributed by atoms with van der Waals surface area (Å²) in [5.74, 6) is 0.953. The summed E-state index contributed by atoms with van der Waals surface area (Å²) in [6.07, 6.45) is 1.69. The summed E-state index contributed by atoms with van der Waals surface area (Å²) >= 11 is 0. The van der Waals surface area contributed by atoms with Gasteiger partial charge >= 0.3 is 0 Å². The fourth-order valence-corrected chi connectivity index (χ4v) is 2.70. The molecule has 1 aliphatic rings. The van der Waals surface area contributed by atoms with Gasteiger partial charge in [-0.3, -0.25) is 0 Å². The Labute approximate surface area is 125 Å². The minimum atomic E-state index is 0.628. The number of pyridine rings is 1. The Balaban J connectivity index is 2.06. The number of nitrogens with zero attached hydrogens (tertiary/aromatic N) is 3. The molecular weight excluding hydrogens is 260 g/mol. The highest BCUT2D eigenvalue weighted by Gasteiger charge is 2.15. The van der Waals surface area contributed by atoms with Crippen molar-refractivity contribution in [2.75, 3.05) is 31.1 Å². The van der Waals surface area contributed by atoms with Crippen molar-refractivity contribution >= 4 is 5.82 Å². The standard InChI is InChI=1S/C17H18N4/c1-13-4-2-3-5-15(13)16-10-17(20-12-14(16)11-18)21-8-6-19-7-9-21/h2-5,10,12,19H,6-9H2,1H3. The molecule has 0 saturated carbocycles. The van der Waals surface area contributed by atoms with Crippen molar-refractivity contribution in [3.05, 3.63) is 47.7 Å². The highest BCUT2D eigenvalue weighted by Crippen LogP contribution is 2.29. The van der Waals surface area contributed by atoms with Crippen molar-refractivity contribution < 1.29 is 0 Å². The molecule has 0 atom stereocenters. The second kappa shape index (κ2) is 5.94. The monoisotopic (exact) mass is 278 g/mol. The zero-order valence-corrected chi connectivity index (χ0v) is 12.1.